The van der Waals surface area contributed by atoms with Crippen molar-refractivity contribution in [1.82, 2.24) is 10.2 Å². The van der Waals surface area contributed by atoms with Gasteiger partial charge in [0, 0.05) is 26.2 Å². The van der Waals surface area contributed by atoms with E-state index in [-0.39, 0.29) is 0 Å². The van der Waals surface area contributed by atoms with E-state index < -0.39 is 12.0 Å². The molecule has 1 atom stereocenters. The van der Waals surface area contributed by atoms with Crippen LogP contribution in [0.5, 0.6) is 0 Å². The van der Waals surface area contributed by atoms with Gasteiger partial charge in [-0.1, -0.05) is 12.2 Å². The summed E-state index contributed by atoms with van der Waals surface area (Å²) < 4.78 is 0. The van der Waals surface area contributed by atoms with Gasteiger partial charge in [-0.05, 0) is 6.92 Å². The molecule has 0 aromatic rings. The lowest BCUT2D eigenvalue weighted by Gasteiger charge is -2.32. The van der Waals surface area contributed by atoms with Crippen LogP contribution in [0.4, 0.5) is 0 Å². The maximum absolute atomic E-state index is 10.9. The topological polar surface area (TPSA) is 52.6 Å². The van der Waals surface area contributed by atoms with Crippen LogP contribution in [0.25, 0.3) is 0 Å². The van der Waals surface area contributed by atoms with Crippen LogP contribution in [0, 0.1) is 0 Å². The van der Waals surface area contributed by atoms with Crippen LogP contribution < -0.4 is 5.32 Å². The second-order valence-corrected chi connectivity index (χ2v) is 3.37. The molecule has 4 nitrogen and oxygen atoms in total. The molecule has 4 heteroatoms. The summed E-state index contributed by atoms with van der Waals surface area (Å²) in [6.45, 7) is 8.75. The second kappa shape index (κ2) is 4.39. The van der Waals surface area contributed by atoms with E-state index in [1.54, 1.807) is 6.92 Å². The minimum Gasteiger partial charge on any atom is -0.480 e. The molecule has 1 saturated heterocycles. The Labute approximate surface area is 78.2 Å². The Hall–Kier alpha value is -0.870. The van der Waals surface area contributed by atoms with Crippen LogP contribution in [0.1, 0.15) is 6.92 Å². The summed E-state index contributed by atoms with van der Waals surface area (Å²) in [4.78, 5) is 12.9. The van der Waals surface area contributed by atoms with Gasteiger partial charge in [0.1, 0.15) is 6.04 Å². The maximum Gasteiger partial charge on any atom is 0.325 e. The highest BCUT2D eigenvalue weighted by Crippen LogP contribution is 2.09. The number of rotatable bonds is 3. The molecule has 13 heavy (non-hydrogen) atoms. The number of piperazine rings is 1. The van der Waals surface area contributed by atoms with Gasteiger partial charge in [-0.3, -0.25) is 9.69 Å². The average molecular weight is 184 g/mol. The fraction of sp³-hybridized carbons (Fsp3) is 0.667. The Morgan fingerprint density at radius 1 is 1.54 bits per heavy atom. The van der Waals surface area contributed by atoms with Crippen molar-refractivity contribution in [2.45, 2.75) is 13.0 Å². The van der Waals surface area contributed by atoms with Gasteiger partial charge >= 0.3 is 5.97 Å². The summed E-state index contributed by atoms with van der Waals surface area (Å²) in [7, 11) is 0. The molecule has 0 aromatic carbocycles. The quantitative estimate of drug-likeness (QED) is 0.602. The molecule has 1 heterocycles. The highest BCUT2D eigenvalue weighted by atomic mass is 16.4. The van der Waals surface area contributed by atoms with Gasteiger partial charge in [-0.2, -0.15) is 0 Å². The molecule has 0 saturated carbocycles. The monoisotopic (exact) mass is 184 g/mol. The fourth-order valence-electron chi connectivity index (χ4n) is 1.62. The van der Waals surface area contributed by atoms with Crippen molar-refractivity contribution in [1.29, 1.82) is 0 Å². The number of nitrogens with zero attached hydrogens (tertiary/aromatic N) is 1. The summed E-state index contributed by atoms with van der Waals surface area (Å²) in [5, 5.41) is 12.2. The molecular weight excluding hydrogens is 168 g/mol. The zero-order valence-corrected chi connectivity index (χ0v) is 7.92. The third-order valence-corrected chi connectivity index (χ3v) is 2.22. The molecule has 0 spiro atoms. The van der Waals surface area contributed by atoms with Crippen molar-refractivity contribution in [3.63, 3.8) is 0 Å². The second-order valence-electron chi connectivity index (χ2n) is 3.37. The lowest BCUT2D eigenvalue weighted by atomic mass is 10.1. The van der Waals surface area contributed by atoms with Crippen molar-refractivity contribution < 1.29 is 9.90 Å². The predicted molar refractivity (Wildman–Crippen MR) is 50.7 cm³/mol. The van der Waals surface area contributed by atoms with Crippen molar-refractivity contribution in [3.8, 4) is 0 Å². The SMILES string of the molecule is C=C(C)C(C(=O)O)N1CCNCC1. The van der Waals surface area contributed by atoms with Crippen LogP contribution in [-0.4, -0.2) is 48.2 Å². The van der Waals surface area contributed by atoms with E-state index in [1.165, 1.54) is 0 Å². The third-order valence-electron chi connectivity index (χ3n) is 2.22. The molecular formula is C9H16N2O2. The average Bonchev–Trinajstić information content (AvgIpc) is 2.04. The van der Waals surface area contributed by atoms with Gasteiger partial charge in [0.15, 0.2) is 0 Å². The van der Waals surface area contributed by atoms with Gasteiger partial charge in [-0.15, -0.1) is 0 Å². The minimum atomic E-state index is -0.797. The van der Waals surface area contributed by atoms with Gasteiger partial charge in [0.25, 0.3) is 0 Å². The predicted octanol–water partition coefficient (Wildman–Crippen LogP) is -0.0791. The van der Waals surface area contributed by atoms with Gasteiger partial charge < -0.3 is 10.4 Å². The number of nitrogens with one attached hydrogen (secondary N) is 1. The Balaban J connectivity index is 2.62. The number of carboxylic acids is 1. The first-order valence-electron chi connectivity index (χ1n) is 4.46. The van der Waals surface area contributed by atoms with E-state index in [2.05, 4.69) is 11.9 Å². The first-order valence-corrected chi connectivity index (χ1v) is 4.46. The van der Waals surface area contributed by atoms with Crippen molar-refractivity contribution in [2.75, 3.05) is 26.2 Å². The van der Waals surface area contributed by atoms with E-state index in [0.29, 0.717) is 5.57 Å². The van der Waals surface area contributed by atoms with Gasteiger partial charge in [0.2, 0.25) is 0 Å². The third kappa shape index (κ3) is 2.54. The lowest BCUT2D eigenvalue weighted by Crippen LogP contribution is -2.51. The summed E-state index contributed by atoms with van der Waals surface area (Å²) in [6.07, 6.45) is 0. The van der Waals surface area contributed by atoms with E-state index in [1.807, 2.05) is 4.90 Å². The smallest absolute Gasteiger partial charge is 0.325 e. The number of hydrogen-bond acceptors (Lipinski definition) is 3. The Morgan fingerprint density at radius 3 is 2.46 bits per heavy atom. The summed E-state index contributed by atoms with van der Waals surface area (Å²) in [5.41, 5.74) is 0.703. The maximum atomic E-state index is 10.9. The molecule has 0 amide bonds. The van der Waals surface area contributed by atoms with E-state index in [4.69, 9.17) is 5.11 Å². The molecule has 1 unspecified atom stereocenters. The van der Waals surface area contributed by atoms with E-state index >= 15 is 0 Å². The van der Waals surface area contributed by atoms with Crippen molar-refractivity contribution in [2.24, 2.45) is 0 Å². The number of carbonyl (C=O) groups is 1. The zero-order chi connectivity index (χ0) is 9.84. The van der Waals surface area contributed by atoms with Crippen LogP contribution in [0.15, 0.2) is 12.2 Å². The van der Waals surface area contributed by atoms with Crippen LogP contribution in [0.2, 0.25) is 0 Å². The Bertz CT molecular complexity index is 196. The number of hydrogen-bond donors (Lipinski definition) is 2. The summed E-state index contributed by atoms with van der Waals surface area (Å²) in [5.74, 6) is -0.797. The first kappa shape index (κ1) is 10.2. The molecule has 0 aliphatic carbocycles. The molecule has 0 bridgehead atoms. The van der Waals surface area contributed by atoms with E-state index in [0.717, 1.165) is 26.2 Å². The highest BCUT2D eigenvalue weighted by Gasteiger charge is 2.26. The van der Waals surface area contributed by atoms with Crippen molar-refractivity contribution >= 4 is 5.97 Å². The zero-order valence-electron chi connectivity index (χ0n) is 7.92. The molecule has 1 aliphatic rings. The molecule has 2 N–H and O–H groups in total. The Kier molecular flexibility index (Phi) is 3.45. The first-order chi connectivity index (χ1) is 6.13. The van der Waals surface area contributed by atoms with Gasteiger partial charge in [0.05, 0.1) is 0 Å². The van der Waals surface area contributed by atoms with Crippen LogP contribution in [-0.2, 0) is 4.79 Å². The fourth-order valence-corrected chi connectivity index (χ4v) is 1.62. The van der Waals surface area contributed by atoms with Gasteiger partial charge in [-0.25, -0.2) is 0 Å². The Morgan fingerprint density at radius 2 is 2.08 bits per heavy atom. The highest BCUT2D eigenvalue weighted by molar-refractivity contribution is 5.77. The molecule has 0 aromatic heterocycles. The normalized spacial score (nSPS) is 21.0. The molecule has 1 fully saturated rings. The van der Waals surface area contributed by atoms with Crippen LogP contribution >= 0.6 is 0 Å². The number of carboxylic acid groups (broad SMARTS) is 1. The van der Waals surface area contributed by atoms with E-state index in [9.17, 15) is 4.79 Å². The molecule has 1 aliphatic heterocycles. The molecule has 0 radical (unpaired) electrons. The number of aliphatic carboxylic acids is 1. The summed E-state index contributed by atoms with van der Waals surface area (Å²) in [6, 6.07) is -0.512. The molecule has 1 rings (SSSR count). The lowest BCUT2D eigenvalue weighted by molar-refractivity contribution is -0.141. The minimum absolute atomic E-state index is 0.512. The van der Waals surface area contributed by atoms with Crippen molar-refractivity contribution in [3.05, 3.63) is 12.2 Å². The molecule has 74 valence electrons. The largest absolute Gasteiger partial charge is 0.480 e. The standard InChI is InChI=1S/C9H16N2O2/c1-7(2)8(9(12)13)11-5-3-10-4-6-11/h8,10H,1,3-6H2,2H3,(H,12,13). The summed E-state index contributed by atoms with van der Waals surface area (Å²) >= 11 is 0. The van der Waals surface area contributed by atoms with Crippen LogP contribution in [0.3, 0.4) is 0 Å².